The summed E-state index contributed by atoms with van der Waals surface area (Å²) in [5.74, 6) is 0. The Morgan fingerprint density at radius 3 is 3.00 bits per heavy atom. The molecule has 1 atom stereocenters. The van der Waals surface area contributed by atoms with Gasteiger partial charge < -0.3 is 20.1 Å². The lowest BCUT2D eigenvalue weighted by Crippen LogP contribution is -2.31. The quantitative estimate of drug-likeness (QED) is 0.624. The number of nitrogens with zero attached hydrogens (tertiary/aromatic N) is 1. The van der Waals surface area contributed by atoms with Crippen molar-refractivity contribution < 1.29 is 9.84 Å². The smallest absolute Gasteiger partial charge is 0.0697 e. The Morgan fingerprint density at radius 1 is 1.31 bits per heavy atom. The molecule has 1 heterocycles. The summed E-state index contributed by atoms with van der Waals surface area (Å²) in [6.45, 7) is 4.81. The third kappa shape index (κ3) is 6.43. The van der Waals surface area contributed by atoms with Gasteiger partial charge in [-0.15, -0.1) is 0 Å². The van der Waals surface area contributed by atoms with Gasteiger partial charge >= 0.3 is 0 Å². The normalized spacial score (nSPS) is 23.2. The molecule has 16 heavy (non-hydrogen) atoms. The first-order chi connectivity index (χ1) is 7.83. The Labute approximate surface area is 99.0 Å². The van der Waals surface area contributed by atoms with Gasteiger partial charge in [-0.2, -0.15) is 0 Å². The van der Waals surface area contributed by atoms with Crippen molar-refractivity contribution in [2.75, 3.05) is 46.5 Å². The SMILES string of the molecule is CN1CCCC(NCCCOCCO)CC1. The highest BCUT2D eigenvalue weighted by Crippen LogP contribution is 2.09. The molecule has 1 aliphatic rings. The maximum absolute atomic E-state index is 8.54. The van der Waals surface area contributed by atoms with E-state index in [1.807, 2.05) is 0 Å². The zero-order chi connectivity index (χ0) is 11.6. The van der Waals surface area contributed by atoms with E-state index in [1.54, 1.807) is 0 Å². The summed E-state index contributed by atoms with van der Waals surface area (Å²) in [5, 5.41) is 12.1. The summed E-state index contributed by atoms with van der Waals surface area (Å²) < 4.78 is 5.22. The van der Waals surface area contributed by atoms with Crippen molar-refractivity contribution in [3.8, 4) is 0 Å². The fourth-order valence-corrected chi connectivity index (χ4v) is 2.09. The number of hydrogen-bond donors (Lipinski definition) is 2. The van der Waals surface area contributed by atoms with Crippen LogP contribution in [-0.4, -0.2) is 62.6 Å². The highest BCUT2D eigenvalue weighted by atomic mass is 16.5. The Kier molecular flexibility index (Phi) is 7.76. The Balaban J connectivity index is 1.95. The zero-order valence-corrected chi connectivity index (χ0v) is 10.5. The van der Waals surface area contributed by atoms with Crippen LogP contribution in [-0.2, 0) is 4.74 Å². The fraction of sp³-hybridized carbons (Fsp3) is 1.00. The minimum absolute atomic E-state index is 0.127. The van der Waals surface area contributed by atoms with Crippen LogP contribution in [0.4, 0.5) is 0 Å². The minimum Gasteiger partial charge on any atom is -0.394 e. The molecule has 1 rings (SSSR count). The van der Waals surface area contributed by atoms with Crippen molar-refractivity contribution in [1.29, 1.82) is 0 Å². The van der Waals surface area contributed by atoms with Crippen LogP contribution in [0.15, 0.2) is 0 Å². The van der Waals surface area contributed by atoms with Gasteiger partial charge in [0.1, 0.15) is 0 Å². The van der Waals surface area contributed by atoms with Gasteiger partial charge in [0.15, 0.2) is 0 Å². The number of nitrogens with one attached hydrogen (secondary N) is 1. The summed E-state index contributed by atoms with van der Waals surface area (Å²) in [5.41, 5.74) is 0. The fourth-order valence-electron chi connectivity index (χ4n) is 2.09. The van der Waals surface area contributed by atoms with Crippen LogP contribution in [0, 0.1) is 0 Å². The molecule has 0 aromatic heterocycles. The van der Waals surface area contributed by atoms with E-state index in [9.17, 15) is 0 Å². The Hall–Kier alpha value is -0.160. The summed E-state index contributed by atoms with van der Waals surface area (Å²) in [6, 6.07) is 0.683. The van der Waals surface area contributed by atoms with Gasteiger partial charge in [0.05, 0.1) is 13.2 Å². The first-order valence-corrected chi connectivity index (χ1v) is 6.43. The van der Waals surface area contributed by atoms with E-state index in [0.29, 0.717) is 12.6 Å². The molecule has 4 heteroatoms. The van der Waals surface area contributed by atoms with Crippen LogP contribution in [0.25, 0.3) is 0 Å². The second-order valence-electron chi connectivity index (χ2n) is 4.57. The van der Waals surface area contributed by atoms with Crippen molar-refractivity contribution in [1.82, 2.24) is 10.2 Å². The van der Waals surface area contributed by atoms with Gasteiger partial charge in [-0.1, -0.05) is 0 Å². The molecule has 0 aromatic carbocycles. The number of likely N-dealkylation sites (tertiary alicyclic amines) is 1. The molecule has 1 fully saturated rings. The molecule has 0 aromatic rings. The van der Waals surface area contributed by atoms with Crippen molar-refractivity contribution in [2.45, 2.75) is 31.7 Å². The van der Waals surface area contributed by atoms with Crippen LogP contribution < -0.4 is 5.32 Å². The van der Waals surface area contributed by atoms with Crippen LogP contribution >= 0.6 is 0 Å². The van der Waals surface area contributed by atoms with E-state index in [0.717, 1.165) is 19.6 Å². The molecule has 0 bridgehead atoms. The molecule has 4 nitrogen and oxygen atoms in total. The third-order valence-electron chi connectivity index (χ3n) is 3.09. The summed E-state index contributed by atoms with van der Waals surface area (Å²) in [7, 11) is 2.20. The van der Waals surface area contributed by atoms with Gasteiger partial charge in [-0.25, -0.2) is 0 Å². The van der Waals surface area contributed by atoms with Gasteiger partial charge in [0.2, 0.25) is 0 Å². The standard InChI is InChI=1S/C12H26N2O2/c1-14-7-2-4-12(5-8-14)13-6-3-10-16-11-9-15/h12-13,15H,2-11H2,1H3. The predicted molar refractivity (Wildman–Crippen MR) is 65.7 cm³/mol. The van der Waals surface area contributed by atoms with Crippen molar-refractivity contribution in [2.24, 2.45) is 0 Å². The molecule has 0 radical (unpaired) electrons. The van der Waals surface area contributed by atoms with Gasteiger partial charge in [0.25, 0.3) is 0 Å². The second-order valence-corrected chi connectivity index (χ2v) is 4.57. The van der Waals surface area contributed by atoms with Crippen molar-refractivity contribution >= 4 is 0 Å². The van der Waals surface area contributed by atoms with Crippen molar-refractivity contribution in [3.05, 3.63) is 0 Å². The maximum atomic E-state index is 8.54. The maximum Gasteiger partial charge on any atom is 0.0697 e. The lowest BCUT2D eigenvalue weighted by Gasteiger charge is -2.16. The summed E-state index contributed by atoms with van der Waals surface area (Å²) >= 11 is 0. The molecule has 1 unspecified atom stereocenters. The lowest BCUT2D eigenvalue weighted by molar-refractivity contribution is 0.0903. The van der Waals surface area contributed by atoms with E-state index in [1.165, 1.54) is 32.4 Å². The number of hydrogen-bond acceptors (Lipinski definition) is 4. The summed E-state index contributed by atoms with van der Waals surface area (Å²) in [6.07, 6.45) is 4.89. The number of aliphatic hydroxyl groups is 1. The zero-order valence-electron chi connectivity index (χ0n) is 10.5. The van der Waals surface area contributed by atoms with Crippen LogP contribution in [0.1, 0.15) is 25.7 Å². The molecule has 1 saturated heterocycles. The monoisotopic (exact) mass is 230 g/mol. The Morgan fingerprint density at radius 2 is 2.19 bits per heavy atom. The third-order valence-corrected chi connectivity index (χ3v) is 3.09. The molecule has 2 N–H and O–H groups in total. The molecular formula is C12H26N2O2. The second kappa shape index (κ2) is 8.93. The van der Waals surface area contributed by atoms with E-state index >= 15 is 0 Å². The van der Waals surface area contributed by atoms with Crippen molar-refractivity contribution in [3.63, 3.8) is 0 Å². The highest BCUT2D eigenvalue weighted by molar-refractivity contribution is 4.73. The Bertz CT molecular complexity index is 167. The number of ether oxygens (including phenoxy) is 1. The van der Waals surface area contributed by atoms with E-state index in [2.05, 4.69) is 17.3 Å². The predicted octanol–water partition coefficient (Wildman–Crippen LogP) is 0.459. The molecule has 0 amide bonds. The minimum atomic E-state index is 0.127. The molecular weight excluding hydrogens is 204 g/mol. The molecule has 0 aliphatic carbocycles. The van der Waals surface area contributed by atoms with Crippen LogP contribution in [0.5, 0.6) is 0 Å². The lowest BCUT2D eigenvalue weighted by atomic mass is 10.1. The van der Waals surface area contributed by atoms with E-state index in [4.69, 9.17) is 9.84 Å². The first-order valence-electron chi connectivity index (χ1n) is 6.43. The average Bonchev–Trinajstić information content (AvgIpc) is 2.49. The number of rotatable bonds is 7. The van der Waals surface area contributed by atoms with Gasteiger partial charge in [-0.3, -0.25) is 0 Å². The van der Waals surface area contributed by atoms with Crippen LogP contribution in [0.3, 0.4) is 0 Å². The topological polar surface area (TPSA) is 44.7 Å². The van der Waals surface area contributed by atoms with E-state index < -0.39 is 0 Å². The first kappa shape index (κ1) is 13.9. The average molecular weight is 230 g/mol. The van der Waals surface area contributed by atoms with Crippen LogP contribution in [0.2, 0.25) is 0 Å². The summed E-state index contributed by atoms with van der Waals surface area (Å²) in [4.78, 5) is 2.41. The molecule has 1 aliphatic heterocycles. The highest BCUT2D eigenvalue weighted by Gasteiger charge is 2.13. The molecule has 0 saturated carbocycles. The van der Waals surface area contributed by atoms with Gasteiger partial charge in [0, 0.05) is 12.6 Å². The molecule has 0 spiro atoms. The number of aliphatic hydroxyl groups excluding tert-OH is 1. The molecule has 96 valence electrons. The largest absolute Gasteiger partial charge is 0.394 e. The van der Waals surface area contributed by atoms with Gasteiger partial charge in [-0.05, 0) is 52.4 Å². The van der Waals surface area contributed by atoms with E-state index in [-0.39, 0.29) is 6.61 Å².